The first-order valence-corrected chi connectivity index (χ1v) is 6.92. The standard InChI is InChI=1S/C16H13ClN4/c17-12-6-5-11(13(19)9-12)10-21-15-4-2-1-3-14(15)20-16(21)7-8-18/h1-6,9H,7,10,19H2. The molecule has 2 aromatic carbocycles. The molecule has 0 unspecified atom stereocenters. The molecule has 21 heavy (non-hydrogen) atoms. The molecular weight excluding hydrogens is 284 g/mol. The molecule has 1 heterocycles. The SMILES string of the molecule is N#CCc1nc2ccccc2n1Cc1ccc(Cl)cc1N. The summed E-state index contributed by atoms with van der Waals surface area (Å²) < 4.78 is 2.03. The molecule has 0 saturated heterocycles. The number of benzene rings is 2. The fourth-order valence-electron chi connectivity index (χ4n) is 2.39. The summed E-state index contributed by atoms with van der Waals surface area (Å²) in [5.74, 6) is 0.744. The van der Waals surface area contributed by atoms with Crippen molar-refractivity contribution in [2.45, 2.75) is 13.0 Å². The van der Waals surface area contributed by atoms with E-state index in [1.165, 1.54) is 0 Å². The summed E-state index contributed by atoms with van der Waals surface area (Å²) in [7, 11) is 0. The van der Waals surface area contributed by atoms with Crippen LogP contribution in [0.1, 0.15) is 11.4 Å². The van der Waals surface area contributed by atoms with Gasteiger partial charge in [-0.15, -0.1) is 0 Å². The fourth-order valence-corrected chi connectivity index (χ4v) is 2.57. The first-order chi connectivity index (χ1) is 10.2. The average Bonchev–Trinajstić information content (AvgIpc) is 2.80. The maximum atomic E-state index is 8.98. The van der Waals surface area contributed by atoms with Crippen molar-refractivity contribution in [2.24, 2.45) is 0 Å². The minimum atomic E-state index is 0.266. The molecule has 0 aliphatic heterocycles. The summed E-state index contributed by atoms with van der Waals surface area (Å²) in [6.07, 6.45) is 0.266. The van der Waals surface area contributed by atoms with Gasteiger partial charge in [-0.2, -0.15) is 5.26 Å². The number of anilines is 1. The Morgan fingerprint density at radius 1 is 1.24 bits per heavy atom. The number of para-hydroxylation sites is 2. The van der Waals surface area contributed by atoms with E-state index in [1.807, 2.05) is 41.0 Å². The number of rotatable bonds is 3. The summed E-state index contributed by atoms with van der Waals surface area (Å²) in [6, 6.07) is 15.5. The monoisotopic (exact) mass is 296 g/mol. The highest BCUT2D eigenvalue weighted by Gasteiger charge is 2.11. The fraction of sp³-hybridized carbons (Fsp3) is 0.125. The topological polar surface area (TPSA) is 67.6 Å². The predicted octanol–water partition coefficient (Wildman–Crippen LogP) is 3.39. The van der Waals surface area contributed by atoms with E-state index >= 15 is 0 Å². The Morgan fingerprint density at radius 2 is 2.05 bits per heavy atom. The third-order valence-corrected chi connectivity index (χ3v) is 3.64. The van der Waals surface area contributed by atoms with E-state index < -0.39 is 0 Å². The largest absolute Gasteiger partial charge is 0.398 e. The Bertz CT molecular complexity index is 845. The Hall–Kier alpha value is -2.51. The van der Waals surface area contributed by atoms with E-state index in [0.29, 0.717) is 17.3 Å². The van der Waals surface area contributed by atoms with Crippen LogP contribution in [-0.2, 0) is 13.0 Å². The van der Waals surface area contributed by atoms with Crippen molar-refractivity contribution in [3.8, 4) is 6.07 Å². The summed E-state index contributed by atoms with van der Waals surface area (Å²) >= 11 is 5.93. The molecule has 0 amide bonds. The maximum absolute atomic E-state index is 8.98. The number of nitrogens with two attached hydrogens (primary N) is 1. The van der Waals surface area contributed by atoms with Crippen molar-refractivity contribution >= 4 is 28.3 Å². The second kappa shape index (κ2) is 5.47. The van der Waals surface area contributed by atoms with Crippen LogP contribution in [0.15, 0.2) is 42.5 Å². The zero-order valence-corrected chi connectivity index (χ0v) is 12.0. The number of hydrogen-bond acceptors (Lipinski definition) is 3. The number of aromatic nitrogens is 2. The van der Waals surface area contributed by atoms with Gasteiger partial charge in [0.1, 0.15) is 5.82 Å². The Balaban J connectivity index is 2.10. The van der Waals surface area contributed by atoms with Crippen molar-refractivity contribution < 1.29 is 0 Å². The number of nitriles is 1. The van der Waals surface area contributed by atoms with Gasteiger partial charge in [-0.3, -0.25) is 0 Å². The number of nitrogen functional groups attached to an aromatic ring is 1. The van der Waals surface area contributed by atoms with Crippen molar-refractivity contribution in [3.05, 3.63) is 58.9 Å². The molecule has 2 N–H and O–H groups in total. The second-order valence-electron chi connectivity index (χ2n) is 4.78. The van der Waals surface area contributed by atoms with Gasteiger partial charge >= 0.3 is 0 Å². The molecular formula is C16H13ClN4. The van der Waals surface area contributed by atoms with Gasteiger partial charge in [-0.05, 0) is 29.8 Å². The van der Waals surface area contributed by atoms with Gasteiger partial charge in [0.15, 0.2) is 0 Å². The van der Waals surface area contributed by atoms with E-state index in [9.17, 15) is 0 Å². The molecule has 4 nitrogen and oxygen atoms in total. The second-order valence-corrected chi connectivity index (χ2v) is 5.22. The maximum Gasteiger partial charge on any atom is 0.124 e. The van der Waals surface area contributed by atoms with Crippen LogP contribution >= 0.6 is 11.6 Å². The minimum absolute atomic E-state index is 0.266. The van der Waals surface area contributed by atoms with Gasteiger partial charge < -0.3 is 10.3 Å². The number of halogens is 1. The quantitative estimate of drug-likeness (QED) is 0.753. The van der Waals surface area contributed by atoms with Crippen LogP contribution in [0.5, 0.6) is 0 Å². The summed E-state index contributed by atoms with van der Waals surface area (Å²) in [6.45, 7) is 0.570. The molecule has 0 atom stereocenters. The van der Waals surface area contributed by atoms with Crippen molar-refractivity contribution in [1.82, 2.24) is 9.55 Å². The van der Waals surface area contributed by atoms with Gasteiger partial charge in [-0.1, -0.05) is 29.8 Å². The zero-order valence-electron chi connectivity index (χ0n) is 11.3. The molecule has 3 rings (SSSR count). The van der Waals surface area contributed by atoms with Gasteiger partial charge in [0.2, 0.25) is 0 Å². The van der Waals surface area contributed by atoms with Crippen LogP contribution in [0.2, 0.25) is 5.02 Å². The summed E-state index contributed by atoms with van der Waals surface area (Å²) in [5, 5.41) is 9.60. The van der Waals surface area contributed by atoms with Crippen LogP contribution < -0.4 is 5.73 Å². The minimum Gasteiger partial charge on any atom is -0.398 e. The van der Waals surface area contributed by atoms with Crippen molar-refractivity contribution in [1.29, 1.82) is 5.26 Å². The Labute approximate surface area is 127 Å². The summed E-state index contributed by atoms with van der Waals surface area (Å²) in [4.78, 5) is 4.52. The van der Waals surface area contributed by atoms with E-state index in [1.54, 1.807) is 6.07 Å². The predicted molar refractivity (Wildman–Crippen MR) is 84.0 cm³/mol. The van der Waals surface area contributed by atoms with Crippen LogP contribution in [0.3, 0.4) is 0 Å². The molecule has 0 aliphatic rings. The number of imidazole rings is 1. The third kappa shape index (κ3) is 2.56. The lowest BCUT2D eigenvalue weighted by molar-refractivity contribution is 0.771. The van der Waals surface area contributed by atoms with Crippen LogP contribution in [0.4, 0.5) is 5.69 Å². The average molecular weight is 297 g/mol. The molecule has 0 spiro atoms. The van der Waals surface area contributed by atoms with Gasteiger partial charge in [-0.25, -0.2) is 4.98 Å². The van der Waals surface area contributed by atoms with Gasteiger partial charge in [0.25, 0.3) is 0 Å². The molecule has 0 radical (unpaired) electrons. The Kier molecular flexibility index (Phi) is 3.51. The van der Waals surface area contributed by atoms with Crippen LogP contribution in [0, 0.1) is 11.3 Å². The molecule has 104 valence electrons. The smallest absolute Gasteiger partial charge is 0.124 e. The van der Waals surface area contributed by atoms with Crippen molar-refractivity contribution in [3.63, 3.8) is 0 Å². The highest BCUT2D eigenvalue weighted by atomic mass is 35.5. The lowest BCUT2D eigenvalue weighted by Crippen LogP contribution is -2.06. The molecule has 5 heteroatoms. The zero-order chi connectivity index (χ0) is 14.8. The molecule has 1 aromatic heterocycles. The molecule has 0 fully saturated rings. The van der Waals surface area contributed by atoms with E-state index in [-0.39, 0.29) is 6.42 Å². The first kappa shape index (κ1) is 13.5. The van der Waals surface area contributed by atoms with Crippen LogP contribution in [0.25, 0.3) is 11.0 Å². The summed E-state index contributed by atoms with van der Waals surface area (Å²) in [5.41, 5.74) is 9.51. The number of nitrogens with zero attached hydrogens (tertiary/aromatic N) is 3. The number of fused-ring (bicyclic) bond motifs is 1. The van der Waals surface area contributed by atoms with E-state index in [2.05, 4.69) is 11.1 Å². The molecule has 3 aromatic rings. The lowest BCUT2D eigenvalue weighted by Gasteiger charge is -2.10. The van der Waals surface area contributed by atoms with Gasteiger partial charge in [0.05, 0.1) is 30.1 Å². The lowest BCUT2D eigenvalue weighted by atomic mass is 10.1. The molecule has 0 bridgehead atoms. The van der Waals surface area contributed by atoms with Gasteiger partial charge in [0, 0.05) is 10.7 Å². The first-order valence-electron chi connectivity index (χ1n) is 6.54. The number of hydrogen-bond donors (Lipinski definition) is 1. The van der Waals surface area contributed by atoms with E-state index in [0.717, 1.165) is 22.4 Å². The Morgan fingerprint density at radius 3 is 2.81 bits per heavy atom. The molecule has 0 saturated carbocycles. The highest BCUT2D eigenvalue weighted by Crippen LogP contribution is 2.23. The molecule has 0 aliphatic carbocycles. The third-order valence-electron chi connectivity index (χ3n) is 3.41. The van der Waals surface area contributed by atoms with E-state index in [4.69, 9.17) is 22.6 Å². The highest BCUT2D eigenvalue weighted by molar-refractivity contribution is 6.30. The normalized spacial score (nSPS) is 10.7. The van der Waals surface area contributed by atoms with Crippen LogP contribution in [-0.4, -0.2) is 9.55 Å². The van der Waals surface area contributed by atoms with Crippen molar-refractivity contribution in [2.75, 3.05) is 5.73 Å².